The first-order valence-electron chi connectivity index (χ1n) is 6.74. The van der Waals surface area contributed by atoms with Crippen LogP contribution in [0.2, 0.25) is 0 Å². The highest BCUT2D eigenvalue weighted by molar-refractivity contribution is 4.67. The van der Waals surface area contributed by atoms with Crippen molar-refractivity contribution in [2.24, 2.45) is 5.92 Å². The van der Waals surface area contributed by atoms with Gasteiger partial charge in [-0.3, -0.25) is 0 Å². The lowest BCUT2D eigenvalue weighted by Gasteiger charge is -2.23. The normalized spacial score (nSPS) is 19.4. The molecule has 1 N–H and O–H groups in total. The van der Waals surface area contributed by atoms with Gasteiger partial charge in [0.2, 0.25) is 0 Å². The molecule has 1 unspecified atom stereocenters. The Balaban J connectivity index is 2.07. The van der Waals surface area contributed by atoms with Crippen molar-refractivity contribution in [2.45, 2.75) is 32.2 Å². The SMILES string of the molecule is CCCNC(COC)COCC1CCOCC1. The zero-order valence-corrected chi connectivity index (χ0v) is 11.2. The first-order valence-corrected chi connectivity index (χ1v) is 6.74. The van der Waals surface area contributed by atoms with Crippen molar-refractivity contribution in [3.05, 3.63) is 0 Å². The summed E-state index contributed by atoms with van der Waals surface area (Å²) in [6, 6.07) is 0.319. The molecule has 0 aromatic carbocycles. The molecule has 0 spiro atoms. The molecule has 102 valence electrons. The monoisotopic (exact) mass is 245 g/mol. The smallest absolute Gasteiger partial charge is 0.0642 e. The molecule has 0 radical (unpaired) electrons. The summed E-state index contributed by atoms with van der Waals surface area (Å²) in [6.45, 7) is 7.29. The lowest BCUT2D eigenvalue weighted by atomic mass is 10.0. The van der Waals surface area contributed by atoms with Crippen molar-refractivity contribution in [1.29, 1.82) is 0 Å². The molecule has 1 rings (SSSR count). The van der Waals surface area contributed by atoms with E-state index in [1.165, 1.54) is 0 Å². The Labute approximate surface area is 105 Å². The van der Waals surface area contributed by atoms with E-state index in [0.29, 0.717) is 18.6 Å². The van der Waals surface area contributed by atoms with E-state index in [-0.39, 0.29) is 0 Å². The number of hydrogen-bond acceptors (Lipinski definition) is 4. The van der Waals surface area contributed by atoms with Crippen LogP contribution in [0.1, 0.15) is 26.2 Å². The molecule has 0 saturated carbocycles. The average molecular weight is 245 g/mol. The van der Waals surface area contributed by atoms with Gasteiger partial charge in [-0.1, -0.05) is 6.92 Å². The Bertz CT molecular complexity index is 172. The topological polar surface area (TPSA) is 39.7 Å². The molecule has 4 heteroatoms. The summed E-state index contributed by atoms with van der Waals surface area (Å²) in [6.07, 6.45) is 3.41. The van der Waals surface area contributed by atoms with E-state index in [2.05, 4.69) is 12.2 Å². The van der Waals surface area contributed by atoms with Crippen LogP contribution in [0.5, 0.6) is 0 Å². The highest BCUT2D eigenvalue weighted by atomic mass is 16.5. The summed E-state index contributed by atoms with van der Waals surface area (Å²) in [4.78, 5) is 0. The molecular weight excluding hydrogens is 218 g/mol. The summed E-state index contributed by atoms with van der Waals surface area (Å²) >= 11 is 0. The van der Waals surface area contributed by atoms with Crippen LogP contribution in [0, 0.1) is 5.92 Å². The van der Waals surface area contributed by atoms with E-state index >= 15 is 0 Å². The van der Waals surface area contributed by atoms with Crippen molar-refractivity contribution in [2.75, 3.05) is 46.7 Å². The minimum Gasteiger partial charge on any atom is -0.383 e. The summed E-state index contributed by atoms with van der Waals surface area (Å²) in [5.74, 6) is 0.679. The third kappa shape index (κ3) is 6.99. The van der Waals surface area contributed by atoms with Crippen LogP contribution in [0.3, 0.4) is 0 Å². The molecular formula is C13H27NO3. The molecule has 0 amide bonds. The molecule has 1 heterocycles. The second-order valence-corrected chi connectivity index (χ2v) is 4.70. The van der Waals surface area contributed by atoms with Gasteiger partial charge in [-0.25, -0.2) is 0 Å². The largest absolute Gasteiger partial charge is 0.383 e. The predicted octanol–water partition coefficient (Wildman–Crippen LogP) is 1.44. The van der Waals surface area contributed by atoms with Crippen LogP contribution in [0.15, 0.2) is 0 Å². The van der Waals surface area contributed by atoms with E-state index in [1.807, 2.05) is 0 Å². The van der Waals surface area contributed by atoms with Crippen LogP contribution >= 0.6 is 0 Å². The highest BCUT2D eigenvalue weighted by Gasteiger charge is 2.15. The van der Waals surface area contributed by atoms with Gasteiger partial charge in [0.25, 0.3) is 0 Å². The number of nitrogens with one attached hydrogen (secondary N) is 1. The standard InChI is InChI=1S/C13H27NO3/c1-3-6-14-13(10-15-2)11-17-9-12-4-7-16-8-5-12/h12-14H,3-11H2,1-2H3. The predicted molar refractivity (Wildman–Crippen MR) is 68.3 cm³/mol. The van der Waals surface area contributed by atoms with Crippen molar-refractivity contribution < 1.29 is 14.2 Å². The number of rotatable bonds is 9. The van der Waals surface area contributed by atoms with Crippen LogP contribution in [-0.4, -0.2) is 52.7 Å². The van der Waals surface area contributed by atoms with Gasteiger partial charge in [-0.15, -0.1) is 0 Å². The van der Waals surface area contributed by atoms with E-state index in [1.54, 1.807) is 7.11 Å². The molecule has 1 aliphatic heterocycles. The van der Waals surface area contributed by atoms with Gasteiger partial charge in [0.05, 0.1) is 19.3 Å². The Hall–Kier alpha value is -0.160. The number of methoxy groups -OCH3 is 1. The van der Waals surface area contributed by atoms with E-state index in [0.717, 1.165) is 52.2 Å². The van der Waals surface area contributed by atoms with Gasteiger partial charge in [0.15, 0.2) is 0 Å². The van der Waals surface area contributed by atoms with Crippen molar-refractivity contribution in [3.8, 4) is 0 Å². The molecule has 17 heavy (non-hydrogen) atoms. The van der Waals surface area contributed by atoms with Crippen molar-refractivity contribution in [3.63, 3.8) is 0 Å². The molecule has 0 aliphatic carbocycles. The quantitative estimate of drug-likeness (QED) is 0.667. The Morgan fingerprint density at radius 3 is 2.71 bits per heavy atom. The number of hydrogen-bond donors (Lipinski definition) is 1. The lowest BCUT2D eigenvalue weighted by molar-refractivity contribution is 0.00855. The number of ether oxygens (including phenoxy) is 3. The lowest BCUT2D eigenvalue weighted by Crippen LogP contribution is -2.38. The zero-order valence-electron chi connectivity index (χ0n) is 11.2. The molecule has 0 aromatic rings. The Morgan fingerprint density at radius 2 is 2.06 bits per heavy atom. The van der Waals surface area contributed by atoms with Crippen LogP contribution in [0.4, 0.5) is 0 Å². The Morgan fingerprint density at radius 1 is 1.29 bits per heavy atom. The molecule has 1 fully saturated rings. The first kappa shape index (κ1) is 14.9. The fourth-order valence-electron chi connectivity index (χ4n) is 2.01. The van der Waals surface area contributed by atoms with Crippen LogP contribution in [-0.2, 0) is 14.2 Å². The third-order valence-corrected chi connectivity index (χ3v) is 3.06. The van der Waals surface area contributed by atoms with Crippen LogP contribution < -0.4 is 5.32 Å². The summed E-state index contributed by atoms with van der Waals surface area (Å²) in [5.41, 5.74) is 0. The first-order chi connectivity index (χ1) is 8.36. The van der Waals surface area contributed by atoms with E-state index < -0.39 is 0 Å². The summed E-state index contributed by atoms with van der Waals surface area (Å²) < 4.78 is 16.3. The summed E-state index contributed by atoms with van der Waals surface area (Å²) in [7, 11) is 1.74. The van der Waals surface area contributed by atoms with Gasteiger partial charge >= 0.3 is 0 Å². The third-order valence-electron chi connectivity index (χ3n) is 3.06. The minimum atomic E-state index is 0.319. The second kappa shape index (κ2) is 9.83. The van der Waals surface area contributed by atoms with Gasteiger partial charge < -0.3 is 19.5 Å². The molecule has 1 atom stereocenters. The molecule has 0 bridgehead atoms. The van der Waals surface area contributed by atoms with Crippen molar-refractivity contribution >= 4 is 0 Å². The highest BCUT2D eigenvalue weighted by Crippen LogP contribution is 2.14. The zero-order chi connectivity index (χ0) is 12.3. The van der Waals surface area contributed by atoms with Crippen LogP contribution in [0.25, 0.3) is 0 Å². The maximum Gasteiger partial charge on any atom is 0.0642 e. The molecule has 1 saturated heterocycles. The minimum absolute atomic E-state index is 0.319. The van der Waals surface area contributed by atoms with Gasteiger partial charge in [-0.2, -0.15) is 0 Å². The average Bonchev–Trinajstić information content (AvgIpc) is 2.37. The van der Waals surface area contributed by atoms with Crippen molar-refractivity contribution in [1.82, 2.24) is 5.32 Å². The molecule has 1 aliphatic rings. The van der Waals surface area contributed by atoms with E-state index in [4.69, 9.17) is 14.2 Å². The summed E-state index contributed by atoms with van der Waals surface area (Å²) in [5, 5.41) is 3.43. The molecule has 0 aromatic heterocycles. The Kier molecular flexibility index (Phi) is 8.61. The van der Waals surface area contributed by atoms with Gasteiger partial charge in [-0.05, 0) is 31.7 Å². The maximum absolute atomic E-state index is 5.79. The van der Waals surface area contributed by atoms with Gasteiger partial charge in [0.1, 0.15) is 0 Å². The maximum atomic E-state index is 5.79. The van der Waals surface area contributed by atoms with E-state index in [9.17, 15) is 0 Å². The molecule has 4 nitrogen and oxygen atoms in total. The van der Waals surface area contributed by atoms with Gasteiger partial charge in [0, 0.05) is 26.9 Å². The fraction of sp³-hybridized carbons (Fsp3) is 1.00. The fourth-order valence-corrected chi connectivity index (χ4v) is 2.01. The second-order valence-electron chi connectivity index (χ2n) is 4.70.